The lowest BCUT2D eigenvalue weighted by molar-refractivity contribution is -0.141. The highest BCUT2D eigenvalue weighted by atomic mass is 19.4. The topological polar surface area (TPSA) is 72.8 Å². The predicted molar refractivity (Wildman–Crippen MR) is 65.2 cm³/mol. The number of fused-ring (bicyclic) bond motifs is 1. The van der Waals surface area contributed by atoms with Gasteiger partial charge >= 0.3 is 6.18 Å². The van der Waals surface area contributed by atoms with Crippen molar-refractivity contribution >= 4 is 0 Å². The first-order valence-electron chi connectivity index (χ1n) is 6.05. The average Bonchev–Trinajstić information content (AvgIpc) is 2.93. The van der Waals surface area contributed by atoms with Crippen LogP contribution >= 0.6 is 0 Å². The van der Waals surface area contributed by atoms with Gasteiger partial charge in [0.15, 0.2) is 11.5 Å². The third-order valence-electron chi connectivity index (χ3n) is 3.03. The zero-order chi connectivity index (χ0) is 15.0. The molecule has 1 aliphatic rings. The van der Waals surface area contributed by atoms with Crippen molar-refractivity contribution < 1.29 is 17.9 Å². The Balaban J connectivity index is 2.11. The molecule has 3 heterocycles. The molecular formula is C12H10F3N5O. The van der Waals surface area contributed by atoms with Crippen LogP contribution in [-0.2, 0) is 19.3 Å². The molecule has 9 heteroatoms. The van der Waals surface area contributed by atoms with E-state index in [1.807, 2.05) is 0 Å². The molecule has 0 unspecified atom stereocenters. The van der Waals surface area contributed by atoms with Gasteiger partial charge in [0.25, 0.3) is 0 Å². The summed E-state index contributed by atoms with van der Waals surface area (Å²) in [5.41, 5.74) is -0.334. The highest BCUT2D eigenvalue weighted by molar-refractivity contribution is 5.51. The fraction of sp³-hybridized carbons (Fsp3) is 0.333. The van der Waals surface area contributed by atoms with Gasteiger partial charge in [0, 0.05) is 24.7 Å². The molecule has 2 aromatic heterocycles. The summed E-state index contributed by atoms with van der Waals surface area (Å²) in [7, 11) is 1.42. The van der Waals surface area contributed by atoms with Crippen LogP contribution in [0.1, 0.15) is 17.0 Å². The lowest BCUT2D eigenvalue weighted by Crippen LogP contribution is -2.15. The van der Waals surface area contributed by atoms with Crippen LogP contribution in [0.4, 0.5) is 13.2 Å². The summed E-state index contributed by atoms with van der Waals surface area (Å²) in [5, 5.41) is 10.3. The van der Waals surface area contributed by atoms with Crippen molar-refractivity contribution in [3.8, 4) is 17.4 Å². The molecule has 21 heavy (non-hydrogen) atoms. The summed E-state index contributed by atoms with van der Waals surface area (Å²) in [6, 6.07) is 2.96. The van der Waals surface area contributed by atoms with Crippen LogP contribution in [0, 0.1) is 0 Å². The predicted octanol–water partition coefficient (Wildman–Crippen LogP) is 1.56. The van der Waals surface area contributed by atoms with Crippen molar-refractivity contribution in [1.29, 1.82) is 0 Å². The minimum Gasteiger partial charge on any atom is -0.480 e. The van der Waals surface area contributed by atoms with Crippen LogP contribution in [0.15, 0.2) is 12.1 Å². The first-order valence-corrected chi connectivity index (χ1v) is 6.05. The molecular weight excluding hydrogens is 287 g/mol. The van der Waals surface area contributed by atoms with Crippen molar-refractivity contribution in [3.05, 3.63) is 29.1 Å². The van der Waals surface area contributed by atoms with Gasteiger partial charge in [0.2, 0.25) is 5.88 Å². The van der Waals surface area contributed by atoms with E-state index >= 15 is 0 Å². The summed E-state index contributed by atoms with van der Waals surface area (Å²) in [4.78, 5) is 7.76. The normalized spacial score (nSPS) is 14.1. The van der Waals surface area contributed by atoms with Crippen molar-refractivity contribution in [1.82, 2.24) is 25.5 Å². The van der Waals surface area contributed by atoms with Gasteiger partial charge in [-0.05, 0) is 6.07 Å². The highest BCUT2D eigenvalue weighted by Gasteiger charge is 2.38. The second kappa shape index (κ2) is 4.92. The lowest BCUT2D eigenvalue weighted by Gasteiger charge is -2.11. The Morgan fingerprint density at radius 1 is 1.14 bits per heavy atom. The van der Waals surface area contributed by atoms with E-state index in [0.717, 1.165) is 0 Å². The fourth-order valence-electron chi connectivity index (χ4n) is 2.07. The Morgan fingerprint density at radius 2 is 1.95 bits per heavy atom. The van der Waals surface area contributed by atoms with Gasteiger partial charge in [0.05, 0.1) is 12.8 Å². The first-order chi connectivity index (χ1) is 9.99. The largest absolute Gasteiger partial charge is 0.480 e. The number of alkyl halides is 3. The van der Waals surface area contributed by atoms with E-state index in [2.05, 4.69) is 25.5 Å². The minimum absolute atomic E-state index is 0.0905. The van der Waals surface area contributed by atoms with Crippen molar-refractivity contribution in [3.63, 3.8) is 0 Å². The quantitative estimate of drug-likeness (QED) is 0.907. The summed E-state index contributed by atoms with van der Waals surface area (Å²) >= 11 is 0. The molecule has 0 radical (unpaired) electrons. The Hall–Kier alpha value is -2.29. The molecule has 1 N–H and O–H groups in total. The molecule has 0 atom stereocenters. The molecule has 2 aromatic rings. The maximum Gasteiger partial charge on any atom is 0.433 e. The summed E-state index contributed by atoms with van der Waals surface area (Å²) in [6.07, 6.45) is -4.53. The minimum atomic E-state index is -4.53. The smallest absolute Gasteiger partial charge is 0.433 e. The summed E-state index contributed by atoms with van der Waals surface area (Å²) in [5.74, 6) is 0.164. The van der Waals surface area contributed by atoms with Crippen molar-refractivity contribution in [2.45, 2.75) is 19.3 Å². The molecule has 0 aliphatic carbocycles. The Bertz CT molecular complexity index is 672. The Morgan fingerprint density at radius 3 is 2.57 bits per heavy atom. The molecule has 0 bridgehead atoms. The summed E-state index contributed by atoms with van der Waals surface area (Å²) in [6.45, 7) is 0.385. The molecule has 1 aliphatic heterocycles. The number of methoxy groups -OCH3 is 1. The SMILES string of the molecule is COc1ccc(-c2nc3c(c(C(F)(F)F)n2)CNC3)nn1. The van der Waals surface area contributed by atoms with Crippen LogP contribution < -0.4 is 10.1 Å². The maximum absolute atomic E-state index is 13.1. The van der Waals surface area contributed by atoms with Crippen LogP contribution in [-0.4, -0.2) is 27.3 Å². The van der Waals surface area contributed by atoms with E-state index in [4.69, 9.17) is 4.74 Å². The third kappa shape index (κ3) is 2.51. The number of hydrogen-bond acceptors (Lipinski definition) is 6. The van der Waals surface area contributed by atoms with Gasteiger partial charge in [-0.25, -0.2) is 9.97 Å². The average molecular weight is 297 g/mol. The number of halogens is 3. The number of rotatable bonds is 2. The van der Waals surface area contributed by atoms with E-state index in [1.54, 1.807) is 0 Å². The Labute approximate surface area is 117 Å². The molecule has 0 fully saturated rings. The molecule has 110 valence electrons. The number of nitrogens with one attached hydrogen (secondary N) is 1. The standard InChI is InChI=1S/C12H10F3N5O/c1-21-9-3-2-7(19-20-9)11-17-8-5-16-4-6(8)10(18-11)12(13,14)15/h2-3,16H,4-5H2,1H3. The molecule has 0 aromatic carbocycles. The number of nitrogens with zero attached hydrogens (tertiary/aromatic N) is 4. The molecule has 3 rings (SSSR count). The van der Waals surface area contributed by atoms with Crippen LogP contribution in [0.2, 0.25) is 0 Å². The molecule has 0 spiro atoms. The van der Waals surface area contributed by atoms with Gasteiger partial charge in [0.1, 0.15) is 5.69 Å². The number of hydrogen-bond donors (Lipinski definition) is 1. The monoisotopic (exact) mass is 297 g/mol. The second-order valence-corrected chi connectivity index (χ2v) is 4.38. The number of ether oxygens (including phenoxy) is 1. The van der Waals surface area contributed by atoms with Crippen LogP contribution in [0.3, 0.4) is 0 Å². The summed E-state index contributed by atoms with van der Waals surface area (Å²) < 4.78 is 44.1. The van der Waals surface area contributed by atoms with E-state index in [0.29, 0.717) is 5.69 Å². The van der Waals surface area contributed by atoms with Gasteiger partial charge in [-0.3, -0.25) is 0 Å². The van der Waals surface area contributed by atoms with E-state index in [-0.39, 0.29) is 36.1 Å². The second-order valence-electron chi connectivity index (χ2n) is 4.38. The Kier molecular flexibility index (Phi) is 3.20. The van der Waals surface area contributed by atoms with Gasteiger partial charge < -0.3 is 10.1 Å². The van der Waals surface area contributed by atoms with E-state index in [1.165, 1.54) is 19.2 Å². The fourth-order valence-corrected chi connectivity index (χ4v) is 2.07. The molecule has 0 amide bonds. The van der Waals surface area contributed by atoms with Gasteiger partial charge in [-0.2, -0.15) is 13.2 Å². The van der Waals surface area contributed by atoms with Crippen LogP contribution in [0.25, 0.3) is 11.5 Å². The van der Waals surface area contributed by atoms with E-state index < -0.39 is 11.9 Å². The molecule has 0 saturated heterocycles. The third-order valence-corrected chi connectivity index (χ3v) is 3.03. The lowest BCUT2D eigenvalue weighted by atomic mass is 10.1. The number of aromatic nitrogens is 4. The van der Waals surface area contributed by atoms with Crippen molar-refractivity contribution in [2.75, 3.05) is 7.11 Å². The first kappa shape index (κ1) is 13.7. The van der Waals surface area contributed by atoms with Gasteiger partial charge in [-0.15, -0.1) is 10.2 Å². The zero-order valence-electron chi connectivity index (χ0n) is 10.9. The van der Waals surface area contributed by atoms with Crippen LogP contribution in [0.5, 0.6) is 5.88 Å². The molecule has 6 nitrogen and oxygen atoms in total. The van der Waals surface area contributed by atoms with E-state index in [9.17, 15) is 13.2 Å². The zero-order valence-corrected chi connectivity index (χ0v) is 10.9. The van der Waals surface area contributed by atoms with Gasteiger partial charge in [-0.1, -0.05) is 0 Å². The molecule has 0 saturated carbocycles. The highest BCUT2D eigenvalue weighted by Crippen LogP contribution is 2.34. The van der Waals surface area contributed by atoms with Crippen molar-refractivity contribution in [2.24, 2.45) is 0 Å². The maximum atomic E-state index is 13.1.